The standard InChI is InChI=1S/C17H18N4O2/c1-22-15-3-2-12(11-7-19-10-20-8-11)14-6-17(5-4-13(14)15)9-23-16(18)21-17/h2-3,7-8,10H,4-6,9H2,1H3,(H2,18,21). The summed E-state index contributed by atoms with van der Waals surface area (Å²) in [6, 6.07) is 4.38. The summed E-state index contributed by atoms with van der Waals surface area (Å²) in [6.07, 6.45) is 7.78. The van der Waals surface area contributed by atoms with Crippen molar-refractivity contribution in [3.63, 3.8) is 0 Å². The molecule has 1 atom stereocenters. The first kappa shape index (κ1) is 14.0. The molecular weight excluding hydrogens is 292 g/mol. The normalized spacial score (nSPS) is 22.4. The highest BCUT2D eigenvalue weighted by Crippen LogP contribution is 2.42. The first-order chi connectivity index (χ1) is 11.2. The van der Waals surface area contributed by atoms with Crippen LogP contribution in [0.5, 0.6) is 5.75 Å². The molecule has 4 rings (SSSR count). The Labute approximate surface area is 134 Å². The fraction of sp³-hybridized carbons (Fsp3) is 0.353. The summed E-state index contributed by atoms with van der Waals surface area (Å²) >= 11 is 0. The molecule has 118 valence electrons. The van der Waals surface area contributed by atoms with Crippen LogP contribution in [0.15, 0.2) is 35.8 Å². The van der Waals surface area contributed by atoms with Gasteiger partial charge in [-0.25, -0.2) is 15.0 Å². The number of ether oxygens (including phenoxy) is 2. The minimum atomic E-state index is -0.256. The Morgan fingerprint density at radius 3 is 2.74 bits per heavy atom. The van der Waals surface area contributed by atoms with Crippen LogP contribution in [0.2, 0.25) is 0 Å². The first-order valence-electron chi connectivity index (χ1n) is 7.63. The fourth-order valence-electron chi connectivity index (χ4n) is 3.55. The Hall–Kier alpha value is -2.63. The lowest BCUT2D eigenvalue weighted by molar-refractivity contribution is 0.234. The van der Waals surface area contributed by atoms with Gasteiger partial charge in [0.25, 0.3) is 6.02 Å². The zero-order valence-corrected chi connectivity index (χ0v) is 13.0. The van der Waals surface area contributed by atoms with Crippen LogP contribution < -0.4 is 10.5 Å². The second-order valence-electron chi connectivity index (χ2n) is 6.04. The van der Waals surface area contributed by atoms with E-state index in [1.54, 1.807) is 7.11 Å². The molecule has 0 amide bonds. The first-order valence-corrected chi connectivity index (χ1v) is 7.63. The van der Waals surface area contributed by atoms with E-state index in [0.29, 0.717) is 12.6 Å². The summed E-state index contributed by atoms with van der Waals surface area (Å²) in [5.74, 6) is 0.923. The van der Waals surface area contributed by atoms with Crippen molar-refractivity contribution in [2.75, 3.05) is 13.7 Å². The van der Waals surface area contributed by atoms with Gasteiger partial charge in [-0.3, -0.25) is 0 Å². The predicted molar refractivity (Wildman–Crippen MR) is 86.4 cm³/mol. The molecule has 1 spiro atoms. The lowest BCUT2D eigenvalue weighted by Crippen LogP contribution is -2.36. The summed E-state index contributed by atoms with van der Waals surface area (Å²) in [5.41, 5.74) is 10.1. The molecule has 1 aliphatic carbocycles. The van der Waals surface area contributed by atoms with Gasteiger partial charge in [0.2, 0.25) is 0 Å². The van der Waals surface area contributed by atoms with E-state index in [2.05, 4.69) is 21.0 Å². The van der Waals surface area contributed by atoms with E-state index in [4.69, 9.17) is 15.2 Å². The number of fused-ring (bicyclic) bond motifs is 1. The highest BCUT2D eigenvalue weighted by molar-refractivity contribution is 5.75. The zero-order valence-electron chi connectivity index (χ0n) is 13.0. The van der Waals surface area contributed by atoms with Crippen molar-refractivity contribution in [2.24, 2.45) is 10.7 Å². The second kappa shape index (κ2) is 5.22. The van der Waals surface area contributed by atoms with Crippen LogP contribution in [0.3, 0.4) is 0 Å². The molecule has 0 bridgehead atoms. The number of nitrogens with zero attached hydrogens (tertiary/aromatic N) is 3. The van der Waals surface area contributed by atoms with Crippen molar-refractivity contribution in [3.8, 4) is 16.9 Å². The third-order valence-corrected chi connectivity index (χ3v) is 4.66. The molecule has 2 aromatic rings. The fourth-order valence-corrected chi connectivity index (χ4v) is 3.55. The Kier molecular flexibility index (Phi) is 3.18. The van der Waals surface area contributed by atoms with Gasteiger partial charge in [-0.1, -0.05) is 6.07 Å². The number of rotatable bonds is 2. The van der Waals surface area contributed by atoms with E-state index < -0.39 is 0 Å². The molecule has 0 radical (unpaired) electrons. The number of benzene rings is 1. The van der Waals surface area contributed by atoms with Gasteiger partial charge in [0.05, 0.1) is 7.11 Å². The number of hydrogen-bond acceptors (Lipinski definition) is 6. The van der Waals surface area contributed by atoms with Crippen LogP contribution >= 0.6 is 0 Å². The van der Waals surface area contributed by atoms with Crippen molar-refractivity contribution in [3.05, 3.63) is 42.0 Å². The van der Waals surface area contributed by atoms with E-state index in [1.165, 1.54) is 17.5 Å². The average Bonchev–Trinajstić information content (AvgIpc) is 2.94. The van der Waals surface area contributed by atoms with E-state index in [1.807, 2.05) is 18.5 Å². The molecular formula is C17H18N4O2. The van der Waals surface area contributed by atoms with Crippen molar-refractivity contribution in [1.29, 1.82) is 0 Å². The van der Waals surface area contributed by atoms with Gasteiger partial charge in [0.15, 0.2) is 0 Å². The molecule has 2 aliphatic rings. The maximum atomic E-state index is 5.75. The third kappa shape index (κ3) is 2.30. The van der Waals surface area contributed by atoms with Gasteiger partial charge in [-0.15, -0.1) is 0 Å². The van der Waals surface area contributed by atoms with Gasteiger partial charge < -0.3 is 15.2 Å². The van der Waals surface area contributed by atoms with Gasteiger partial charge >= 0.3 is 0 Å². The van der Waals surface area contributed by atoms with Crippen LogP contribution in [0, 0.1) is 0 Å². The van der Waals surface area contributed by atoms with Gasteiger partial charge in [0, 0.05) is 24.4 Å². The van der Waals surface area contributed by atoms with Crippen molar-refractivity contribution < 1.29 is 9.47 Å². The monoisotopic (exact) mass is 310 g/mol. The molecule has 1 aromatic heterocycles. The molecule has 1 aliphatic heterocycles. The molecule has 0 fully saturated rings. The topological polar surface area (TPSA) is 82.6 Å². The van der Waals surface area contributed by atoms with Crippen molar-refractivity contribution in [1.82, 2.24) is 9.97 Å². The van der Waals surface area contributed by atoms with Gasteiger partial charge in [0.1, 0.15) is 24.2 Å². The molecule has 2 N–H and O–H groups in total. The summed E-state index contributed by atoms with van der Waals surface area (Å²) in [7, 11) is 1.71. The Balaban J connectivity index is 1.85. The number of amidine groups is 1. The van der Waals surface area contributed by atoms with Crippen LogP contribution in [0.1, 0.15) is 17.5 Å². The molecule has 23 heavy (non-hydrogen) atoms. The summed E-state index contributed by atoms with van der Waals surface area (Å²) in [6.45, 7) is 0.542. The van der Waals surface area contributed by atoms with Gasteiger partial charge in [-0.05, 0) is 35.6 Å². The Bertz CT molecular complexity index is 776. The number of aliphatic imine (C=N–C) groups is 1. The third-order valence-electron chi connectivity index (χ3n) is 4.66. The SMILES string of the molecule is COc1ccc(-c2cncnc2)c2c1CCC1(COC(N)=N1)C2. The van der Waals surface area contributed by atoms with Crippen LogP contribution in [-0.2, 0) is 17.6 Å². The average molecular weight is 310 g/mol. The summed E-state index contributed by atoms with van der Waals surface area (Å²) < 4.78 is 11.0. The van der Waals surface area contributed by atoms with E-state index in [-0.39, 0.29) is 5.54 Å². The highest BCUT2D eigenvalue weighted by Gasteiger charge is 2.41. The van der Waals surface area contributed by atoms with Gasteiger partial charge in [-0.2, -0.15) is 0 Å². The Morgan fingerprint density at radius 1 is 1.22 bits per heavy atom. The smallest absolute Gasteiger partial charge is 0.282 e. The van der Waals surface area contributed by atoms with Crippen LogP contribution in [0.4, 0.5) is 0 Å². The lowest BCUT2D eigenvalue weighted by atomic mass is 9.76. The van der Waals surface area contributed by atoms with Crippen molar-refractivity contribution in [2.45, 2.75) is 24.8 Å². The quantitative estimate of drug-likeness (QED) is 0.913. The van der Waals surface area contributed by atoms with E-state index in [9.17, 15) is 0 Å². The molecule has 0 saturated heterocycles. The number of hydrogen-bond donors (Lipinski definition) is 1. The minimum absolute atomic E-state index is 0.256. The molecule has 1 unspecified atom stereocenters. The Morgan fingerprint density at radius 2 is 2.04 bits per heavy atom. The van der Waals surface area contributed by atoms with Crippen LogP contribution in [-0.4, -0.2) is 35.2 Å². The van der Waals surface area contributed by atoms with E-state index >= 15 is 0 Å². The lowest BCUT2D eigenvalue weighted by Gasteiger charge is -2.32. The molecule has 6 heteroatoms. The zero-order chi connectivity index (χ0) is 15.9. The summed E-state index contributed by atoms with van der Waals surface area (Å²) in [4.78, 5) is 12.8. The predicted octanol–water partition coefficient (Wildman–Crippen LogP) is 1.72. The second-order valence-corrected chi connectivity index (χ2v) is 6.04. The maximum absolute atomic E-state index is 5.75. The number of aromatic nitrogens is 2. The van der Waals surface area contributed by atoms with E-state index in [0.717, 1.165) is 36.1 Å². The molecule has 1 aromatic carbocycles. The minimum Gasteiger partial charge on any atom is -0.496 e. The largest absolute Gasteiger partial charge is 0.496 e. The molecule has 0 saturated carbocycles. The summed E-state index contributed by atoms with van der Waals surface area (Å²) in [5, 5.41) is 0. The molecule has 6 nitrogen and oxygen atoms in total. The number of methoxy groups -OCH3 is 1. The highest BCUT2D eigenvalue weighted by atomic mass is 16.5. The molecule has 2 heterocycles. The number of nitrogens with two attached hydrogens (primary N) is 1. The van der Waals surface area contributed by atoms with Crippen LogP contribution in [0.25, 0.3) is 11.1 Å². The maximum Gasteiger partial charge on any atom is 0.282 e. The van der Waals surface area contributed by atoms with Crippen molar-refractivity contribution >= 4 is 6.02 Å².